The number of nitrogens with zero attached hydrogens (tertiary/aromatic N) is 1. The Morgan fingerprint density at radius 1 is 1.12 bits per heavy atom. The number of aryl methyl sites for hydroxylation is 1. The normalized spacial score (nSPS) is 15.3. The van der Waals surface area contributed by atoms with E-state index in [1.165, 1.54) is 31.7 Å². The van der Waals surface area contributed by atoms with Gasteiger partial charge in [0.05, 0.1) is 0 Å². The third-order valence-corrected chi connectivity index (χ3v) is 4.25. The van der Waals surface area contributed by atoms with Crippen LogP contribution in [0.1, 0.15) is 49.0 Å². The van der Waals surface area contributed by atoms with E-state index in [9.17, 15) is 14.4 Å². The van der Waals surface area contributed by atoms with E-state index in [4.69, 9.17) is 5.11 Å². The first-order valence-electron chi connectivity index (χ1n) is 9.09. The first-order chi connectivity index (χ1) is 12.3. The molecule has 0 saturated carbocycles. The van der Waals surface area contributed by atoms with Crippen LogP contribution in [-0.4, -0.2) is 53.8 Å². The van der Waals surface area contributed by atoms with Crippen molar-refractivity contribution in [2.45, 2.75) is 40.0 Å². The molecule has 6 heteroatoms. The summed E-state index contributed by atoms with van der Waals surface area (Å²) in [6.45, 7) is 8.30. The number of piperidine rings is 1. The lowest BCUT2D eigenvalue weighted by Crippen LogP contribution is -2.35. The molecule has 0 spiro atoms. The van der Waals surface area contributed by atoms with Crippen LogP contribution in [0.2, 0.25) is 0 Å². The molecule has 0 aliphatic carbocycles. The number of carbonyl (C=O) groups is 3. The van der Waals surface area contributed by atoms with Gasteiger partial charge in [-0.1, -0.05) is 43.2 Å². The van der Waals surface area contributed by atoms with Gasteiger partial charge >= 0.3 is 5.97 Å². The summed E-state index contributed by atoms with van der Waals surface area (Å²) in [5, 5.41) is 10.1. The number of benzene rings is 1. The highest BCUT2D eigenvalue weighted by Gasteiger charge is 2.19. The highest BCUT2D eigenvalue weighted by Crippen LogP contribution is 2.15. The molecule has 1 unspecified atom stereocenters. The highest BCUT2D eigenvalue weighted by molar-refractivity contribution is 5.97. The molecule has 1 aliphatic heterocycles. The number of rotatable bonds is 6. The second-order valence-electron chi connectivity index (χ2n) is 6.80. The van der Waals surface area contributed by atoms with Crippen molar-refractivity contribution in [3.05, 3.63) is 35.4 Å². The summed E-state index contributed by atoms with van der Waals surface area (Å²) in [4.78, 5) is 34.4. The number of Topliss-reactive ketones (excluding diaryl/α,β-unsaturated/α-hetero) is 1. The van der Waals surface area contributed by atoms with Crippen LogP contribution < -0.4 is 5.32 Å². The predicted molar refractivity (Wildman–Crippen MR) is 101 cm³/mol. The fourth-order valence-electron chi connectivity index (χ4n) is 2.81. The van der Waals surface area contributed by atoms with Gasteiger partial charge in [-0.15, -0.1) is 0 Å². The number of hydrogen-bond donors (Lipinski definition) is 2. The van der Waals surface area contributed by atoms with Crippen molar-refractivity contribution >= 4 is 17.7 Å². The molecule has 26 heavy (non-hydrogen) atoms. The Hall–Kier alpha value is -2.21. The molecule has 0 radical (unpaired) electrons. The van der Waals surface area contributed by atoms with Crippen molar-refractivity contribution in [2.24, 2.45) is 5.92 Å². The van der Waals surface area contributed by atoms with Gasteiger partial charge in [0.25, 0.3) is 0 Å². The molecule has 1 atom stereocenters. The highest BCUT2D eigenvalue weighted by atomic mass is 16.4. The molecular weight excluding hydrogens is 332 g/mol. The van der Waals surface area contributed by atoms with Gasteiger partial charge in [0.15, 0.2) is 5.78 Å². The molecule has 2 rings (SSSR count). The van der Waals surface area contributed by atoms with Gasteiger partial charge in [-0.2, -0.15) is 0 Å². The molecule has 1 aromatic carbocycles. The number of likely N-dealkylation sites (tertiary alicyclic amines) is 1. The second kappa shape index (κ2) is 11.4. The maximum atomic E-state index is 12.3. The number of hydrogen-bond acceptors (Lipinski definition) is 4. The molecule has 0 bridgehead atoms. The van der Waals surface area contributed by atoms with Crippen LogP contribution >= 0.6 is 0 Å². The average Bonchev–Trinajstić information content (AvgIpc) is 2.61. The van der Waals surface area contributed by atoms with Gasteiger partial charge in [-0.05, 0) is 32.9 Å². The summed E-state index contributed by atoms with van der Waals surface area (Å²) in [6, 6.07) is 7.93. The fraction of sp³-hybridized carbons (Fsp3) is 0.550. The van der Waals surface area contributed by atoms with Gasteiger partial charge in [0.2, 0.25) is 5.91 Å². The molecule has 1 saturated heterocycles. The first kappa shape index (κ1) is 21.8. The molecule has 1 aromatic rings. The molecular formula is C20H30N2O4. The van der Waals surface area contributed by atoms with E-state index in [1.54, 1.807) is 0 Å². The zero-order valence-corrected chi connectivity index (χ0v) is 16.0. The van der Waals surface area contributed by atoms with E-state index in [2.05, 4.69) is 17.1 Å². The lowest BCUT2D eigenvalue weighted by atomic mass is 9.97. The average molecular weight is 362 g/mol. The molecule has 1 aliphatic rings. The largest absolute Gasteiger partial charge is 0.480 e. The third kappa shape index (κ3) is 8.76. The van der Waals surface area contributed by atoms with E-state index in [-0.39, 0.29) is 24.2 Å². The van der Waals surface area contributed by atoms with Gasteiger partial charge in [0.1, 0.15) is 6.54 Å². The van der Waals surface area contributed by atoms with Crippen LogP contribution in [-0.2, 0) is 9.59 Å². The van der Waals surface area contributed by atoms with E-state index >= 15 is 0 Å². The van der Waals surface area contributed by atoms with Crippen LogP contribution in [0.25, 0.3) is 0 Å². The zero-order valence-electron chi connectivity index (χ0n) is 16.0. The third-order valence-electron chi connectivity index (χ3n) is 4.25. The number of aliphatic carboxylic acids is 1. The van der Waals surface area contributed by atoms with Crippen molar-refractivity contribution in [1.82, 2.24) is 10.2 Å². The minimum Gasteiger partial charge on any atom is -0.480 e. The van der Waals surface area contributed by atoms with Crippen molar-refractivity contribution < 1.29 is 19.5 Å². The monoisotopic (exact) mass is 362 g/mol. The van der Waals surface area contributed by atoms with Crippen LogP contribution in [0.15, 0.2) is 24.3 Å². The van der Waals surface area contributed by atoms with Crippen molar-refractivity contribution in [3.63, 3.8) is 0 Å². The van der Waals surface area contributed by atoms with Crippen molar-refractivity contribution in [3.8, 4) is 0 Å². The maximum absolute atomic E-state index is 12.3. The molecule has 144 valence electrons. The summed E-state index contributed by atoms with van der Waals surface area (Å²) in [5.74, 6) is -0.973. The standard InChI is InChI=1S/C16H23NO.C4H7NO3/c1-13-6-8-15(9-7-13)16(18)14(2)12-17-10-4-3-5-11-17;1-3(6)5-2-4(7)8/h6-9,14H,3-5,10-12H2,1-2H3;2H2,1H3,(H,5,6)(H,7,8). The molecule has 1 amide bonds. The van der Waals surface area contributed by atoms with Gasteiger partial charge < -0.3 is 15.3 Å². The molecule has 0 aromatic heterocycles. The Balaban J connectivity index is 0.000000359. The number of ketones is 1. The van der Waals surface area contributed by atoms with Crippen LogP contribution in [0.3, 0.4) is 0 Å². The summed E-state index contributed by atoms with van der Waals surface area (Å²) in [6.07, 6.45) is 3.91. The Labute approximate surface area is 155 Å². The first-order valence-corrected chi connectivity index (χ1v) is 9.09. The van der Waals surface area contributed by atoms with E-state index < -0.39 is 5.97 Å². The second-order valence-corrected chi connectivity index (χ2v) is 6.80. The van der Waals surface area contributed by atoms with Crippen LogP contribution in [0, 0.1) is 12.8 Å². The Bertz CT molecular complexity index is 578. The van der Waals surface area contributed by atoms with Crippen molar-refractivity contribution in [1.29, 1.82) is 0 Å². The van der Waals surface area contributed by atoms with Crippen molar-refractivity contribution in [2.75, 3.05) is 26.2 Å². The van der Waals surface area contributed by atoms with E-state index in [0.29, 0.717) is 0 Å². The van der Waals surface area contributed by atoms with Crippen LogP contribution in [0.5, 0.6) is 0 Å². The topological polar surface area (TPSA) is 86.7 Å². The Morgan fingerprint density at radius 3 is 2.15 bits per heavy atom. The van der Waals surface area contributed by atoms with E-state index in [1.807, 2.05) is 31.2 Å². The van der Waals surface area contributed by atoms with Gasteiger partial charge in [0, 0.05) is 24.9 Å². The Morgan fingerprint density at radius 2 is 1.69 bits per heavy atom. The number of carbonyl (C=O) groups excluding carboxylic acids is 2. The summed E-state index contributed by atoms with van der Waals surface area (Å²) in [7, 11) is 0. The minimum atomic E-state index is -1.03. The minimum absolute atomic E-state index is 0.103. The van der Waals surface area contributed by atoms with E-state index in [0.717, 1.165) is 25.2 Å². The fourth-order valence-corrected chi connectivity index (χ4v) is 2.81. The summed E-state index contributed by atoms with van der Waals surface area (Å²) >= 11 is 0. The number of carboxylic acid groups (broad SMARTS) is 1. The lowest BCUT2D eigenvalue weighted by molar-refractivity contribution is -0.137. The number of nitrogens with one attached hydrogen (secondary N) is 1. The van der Waals surface area contributed by atoms with Gasteiger partial charge in [-0.25, -0.2) is 0 Å². The quantitative estimate of drug-likeness (QED) is 0.759. The molecule has 2 N–H and O–H groups in total. The van der Waals surface area contributed by atoms with Gasteiger partial charge in [-0.3, -0.25) is 14.4 Å². The molecule has 1 heterocycles. The smallest absolute Gasteiger partial charge is 0.322 e. The number of carboxylic acids is 1. The summed E-state index contributed by atoms with van der Waals surface area (Å²) in [5.41, 5.74) is 2.06. The predicted octanol–water partition coefficient (Wildman–Crippen LogP) is 2.51. The lowest BCUT2D eigenvalue weighted by Gasteiger charge is -2.28. The molecule has 1 fully saturated rings. The summed E-state index contributed by atoms with van der Waals surface area (Å²) < 4.78 is 0. The Kier molecular flexibility index (Phi) is 9.58. The molecule has 6 nitrogen and oxygen atoms in total. The zero-order chi connectivity index (χ0) is 19.5. The van der Waals surface area contributed by atoms with Crippen LogP contribution in [0.4, 0.5) is 0 Å². The SMILES string of the molecule is CC(=O)NCC(=O)O.Cc1ccc(C(=O)C(C)CN2CCCCC2)cc1. The number of amides is 1. The maximum Gasteiger partial charge on any atom is 0.322 e.